The minimum absolute atomic E-state index is 0.0532. The first kappa shape index (κ1) is 14.9. The molecule has 1 aliphatic carbocycles. The number of hydrogen-bond acceptors (Lipinski definition) is 3. The summed E-state index contributed by atoms with van der Waals surface area (Å²) in [5.41, 5.74) is 3.70. The number of hydrogen-bond donors (Lipinski definition) is 2. The van der Waals surface area contributed by atoms with Crippen LogP contribution in [0.5, 0.6) is 0 Å². The first-order valence-electron chi connectivity index (χ1n) is 8.16. The lowest BCUT2D eigenvalue weighted by molar-refractivity contribution is 0.102. The van der Waals surface area contributed by atoms with Gasteiger partial charge in [-0.15, -0.1) is 0 Å². The highest BCUT2D eigenvalue weighted by molar-refractivity contribution is 6.08. The zero-order valence-electron chi connectivity index (χ0n) is 13.5. The largest absolute Gasteiger partial charge is 0.392 e. The molecule has 0 unspecified atom stereocenters. The molecule has 2 heterocycles. The van der Waals surface area contributed by atoms with E-state index in [1.807, 2.05) is 47.9 Å². The number of carbonyl (C=O) groups excluding carboxylic acids is 1. The fraction of sp³-hybridized carbons (Fsp3) is 0.263. The van der Waals surface area contributed by atoms with E-state index in [1.54, 1.807) is 6.07 Å². The molecule has 0 atom stereocenters. The molecule has 0 spiro atoms. The van der Waals surface area contributed by atoms with E-state index in [4.69, 9.17) is 0 Å². The number of fused-ring (bicyclic) bond motifs is 1. The van der Waals surface area contributed by atoms with Crippen molar-refractivity contribution in [3.05, 3.63) is 65.2 Å². The molecular weight excluding hydrogens is 302 g/mol. The Morgan fingerprint density at radius 3 is 2.92 bits per heavy atom. The maximum absolute atomic E-state index is 12.8. The molecule has 1 saturated carbocycles. The summed E-state index contributed by atoms with van der Waals surface area (Å²) < 4.78 is 2.02. The number of pyridine rings is 1. The number of benzene rings is 1. The zero-order valence-corrected chi connectivity index (χ0v) is 13.5. The third-order valence-corrected chi connectivity index (χ3v) is 4.47. The number of nitrogens with zero attached hydrogens (tertiary/aromatic N) is 2. The standard InChI is InChI=1S/C19H19N3O2/c1-12-5-6-13(11-23)10-15(12)20-19(24)17-16-4-2-3-9-22(16)18(21-17)14-7-8-14/h2-6,9-10,14,23H,7-8,11H2,1H3,(H,20,24). The summed E-state index contributed by atoms with van der Waals surface area (Å²) in [7, 11) is 0. The van der Waals surface area contributed by atoms with Crippen molar-refractivity contribution in [3.63, 3.8) is 0 Å². The predicted octanol–water partition coefficient (Wildman–Crippen LogP) is 3.26. The van der Waals surface area contributed by atoms with Crippen LogP contribution in [0.25, 0.3) is 5.52 Å². The minimum Gasteiger partial charge on any atom is -0.392 e. The average molecular weight is 321 g/mol. The second kappa shape index (κ2) is 5.76. The van der Waals surface area contributed by atoms with Crippen LogP contribution in [0.2, 0.25) is 0 Å². The van der Waals surface area contributed by atoms with Gasteiger partial charge in [0.25, 0.3) is 5.91 Å². The molecule has 0 saturated heterocycles. The Kier molecular flexibility index (Phi) is 3.58. The van der Waals surface area contributed by atoms with Crippen molar-refractivity contribution in [3.8, 4) is 0 Å². The number of rotatable bonds is 4. The molecule has 5 heteroatoms. The van der Waals surface area contributed by atoms with E-state index in [0.29, 0.717) is 17.3 Å². The summed E-state index contributed by atoms with van der Waals surface area (Å²) in [5.74, 6) is 1.21. The van der Waals surface area contributed by atoms with E-state index >= 15 is 0 Å². The van der Waals surface area contributed by atoms with Crippen LogP contribution in [-0.2, 0) is 6.61 Å². The van der Waals surface area contributed by atoms with Crippen molar-refractivity contribution in [2.24, 2.45) is 0 Å². The first-order valence-corrected chi connectivity index (χ1v) is 8.16. The van der Waals surface area contributed by atoms with Crippen LogP contribution in [0.4, 0.5) is 5.69 Å². The van der Waals surface area contributed by atoms with Gasteiger partial charge in [-0.25, -0.2) is 4.98 Å². The Hall–Kier alpha value is -2.66. The third kappa shape index (κ3) is 2.57. The molecule has 0 aliphatic heterocycles. The second-order valence-electron chi connectivity index (χ2n) is 6.31. The number of aliphatic hydroxyl groups excluding tert-OH is 1. The SMILES string of the molecule is Cc1ccc(CO)cc1NC(=O)c1nc(C2CC2)n2ccccc12. The molecule has 1 aliphatic rings. The molecular formula is C19H19N3O2. The topological polar surface area (TPSA) is 66.6 Å². The maximum atomic E-state index is 12.8. The van der Waals surface area contributed by atoms with Gasteiger partial charge in [0.1, 0.15) is 5.82 Å². The fourth-order valence-electron chi connectivity index (χ4n) is 2.94. The van der Waals surface area contributed by atoms with Gasteiger partial charge in [0, 0.05) is 17.8 Å². The Morgan fingerprint density at radius 2 is 2.17 bits per heavy atom. The smallest absolute Gasteiger partial charge is 0.276 e. The van der Waals surface area contributed by atoms with Gasteiger partial charge >= 0.3 is 0 Å². The van der Waals surface area contributed by atoms with E-state index < -0.39 is 0 Å². The van der Waals surface area contributed by atoms with Crippen LogP contribution >= 0.6 is 0 Å². The van der Waals surface area contributed by atoms with Gasteiger partial charge in [0.05, 0.1) is 12.1 Å². The van der Waals surface area contributed by atoms with Gasteiger partial charge in [-0.05, 0) is 49.1 Å². The molecule has 2 N–H and O–H groups in total. The minimum atomic E-state index is -0.219. The lowest BCUT2D eigenvalue weighted by Gasteiger charge is -2.09. The Balaban J connectivity index is 1.71. The number of imidazole rings is 1. The quantitative estimate of drug-likeness (QED) is 0.775. The van der Waals surface area contributed by atoms with Gasteiger partial charge in [-0.3, -0.25) is 4.79 Å². The van der Waals surface area contributed by atoms with Crippen molar-refractivity contribution in [2.75, 3.05) is 5.32 Å². The van der Waals surface area contributed by atoms with Crippen molar-refractivity contribution >= 4 is 17.1 Å². The van der Waals surface area contributed by atoms with Crippen molar-refractivity contribution in [1.82, 2.24) is 9.38 Å². The molecule has 5 nitrogen and oxygen atoms in total. The molecule has 2 aromatic heterocycles. The summed E-state index contributed by atoms with van der Waals surface area (Å²) >= 11 is 0. The van der Waals surface area contributed by atoms with E-state index in [0.717, 1.165) is 35.3 Å². The van der Waals surface area contributed by atoms with Crippen LogP contribution in [0, 0.1) is 6.92 Å². The molecule has 0 radical (unpaired) electrons. The second-order valence-corrected chi connectivity index (χ2v) is 6.31. The number of aryl methyl sites for hydroxylation is 1. The third-order valence-electron chi connectivity index (χ3n) is 4.47. The van der Waals surface area contributed by atoms with E-state index in [-0.39, 0.29) is 12.5 Å². The van der Waals surface area contributed by atoms with Crippen LogP contribution < -0.4 is 5.32 Å². The highest BCUT2D eigenvalue weighted by atomic mass is 16.3. The number of amides is 1. The number of aromatic nitrogens is 2. The number of aliphatic hydroxyl groups is 1. The van der Waals surface area contributed by atoms with Crippen LogP contribution in [0.3, 0.4) is 0 Å². The summed E-state index contributed by atoms with van der Waals surface area (Å²) in [4.78, 5) is 17.4. The van der Waals surface area contributed by atoms with Gasteiger partial charge in [-0.1, -0.05) is 18.2 Å². The molecule has 1 amide bonds. The lowest BCUT2D eigenvalue weighted by Crippen LogP contribution is -2.14. The molecule has 1 fully saturated rings. The normalized spacial score (nSPS) is 14.1. The predicted molar refractivity (Wildman–Crippen MR) is 92.2 cm³/mol. The van der Waals surface area contributed by atoms with E-state index in [2.05, 4.69) is 10.3 Å². The number of anilines is 1. The molecule has 4 rings (SSSR count). The van der Waals surface area contributed by atoms with Crippen LogP contribution in [0.15, 0.2) is 42.6 Å². The molecule has 1 aromatic carbocycles. The Morgan fingerprint density at radius 1 is 1.33 bits per heavy atom. The highest BCUT2D eigenvalue weighted by Crippen LogP contribution is 2.40. The summed E-state index contributed by atoms with van der Waals surface area (Å²) in [6.45, 7) is 1.88. The number of nitrogens with one attached hydrogen (secondary N) is 1. The van der Waals surface area contributed by atoms with E-state index in [9.17, 15) is 9.90 Å². The highest BCUT2D eigenvalue weighted by Gasteiger charge is 2.30. The van der Waals surface area contributed by atoms with Gasteiger partial charge in [0.15, 0.2) is 5.69 Å². The zero-order chi connectivity index (χ0) is 16.7. The Labute approximate surface area is 140 Å². The fourth-order valence-corrected chi connectivity index (χ4v) is 2.94. The van der Waals surface area contributed by atoms with Crippen LogP contribution in [0.1, 0.15) is 46.2 Å². The summed E-state index contributed by atoms with van der Waals surface area (Å²) in [6.07, 6.45) is 4.23. The monoisotopic (exact) mass is 321 g/mol. The molecule has 122 valence electrons. The van der Waals surface area contributed by atoms with Gasteiger partial charge in [0.2, 0.25) is 0 Å². The lowest BCUT2D eigenvalue weighted by atomic mass is 10.1. The first-order chi connectivity index (χ1) is 11.7. The van der Waals surface area contributed by atoms with Crippen molar-refractivity contribution < 1.29 is 9.90 Å². The molecule has 3 aromatic rings. The summed E-state index contributed by atoms with van der Waals surface area (Å²) in [5, 5.41) is 12.2. The van der Waals surface area contributed by atoms with Gasteiger partial charge < -0.3 is 14.8 Å². The van der Waals surface area contributed by atoms with Crippen LogP contribution in [-0.4, -0.2) is 20.4 Å². The van der Waals surface area contributed by atoms with Gasteiger partial charge in [-0.2, -0.15) is 0 Å². The van der Waals surface area contributed by atoms with Crippen molar-refractivity contribution in [1.29, 1.82) is 0 Å². The molecule has 0 bridgehead atoms. The van der Waals surface area contributed by atoms with E-state index in [1.165, 1.54) is 0 Å². The maximum Gasteiger partial charge on any atom is 0.276 e. The number of carbonyl (C=O) groups is 1. The average Bonchev–Trinajstić information content (AvgIpc) is 3.37. The molecule has 24 heavy (non-hydrogen) atoms. The van der Waals surface area contributed by atoms with Crippen molar-refractivity contribution in [2.45, 2.75) is 32.3 Å². The Bertz CT molecular complexity index is 926. The summed E-state index contributed by atoms with van der Waals surface area (Å²) in [6, 6.07) is 11.3.